The maximum absolute atomic E-state index is 11.1. The second kappa shape index (κ2) is 4.99. The zero-order valence-electron chi connectivity index (χ0n) is 9.63. The van der Waals surface area contributed by atoms with Crippen molar-refractivity contribution in [2.45, 2.75) is 12.5 Å². The number of ether oxygens (including phenoxy) is 1. The maximum Gasteiger partial charge on any atom is 0.287 e. The van der Waals surface area contributed by atoms with Crippen LogP contribution in [0.15, 0.2) is 9.78 Å². The molecule has 2 heterocycles. The third kappa shape index (κ3) is 2.91. The molecule has 1 aromatic rings. The molecule has 1 aliphatic rings. The molecule has 2 rings (SSSR count). The average molecular weight is 292 g/mol. The van der Waals surface area contributed by atoms with Gasteiger partial charge in [0.1, 0.15) is 6.10 Å². The van der Waals surface area contributed by atoms with Gasteiger partial charge < -0.3 is 15.7 Å². The molecule has 1 fully saturated rings. The molecule has 5 N–H and O–H groups in total. The van der Waals surface area contributed by atoms with Crippen molar-refractivity contribution in [1.82, 2.24) is 14.6 Å². The van der Waals surface area contributed by atoms with Crippen LogP contribution in [-0.2, 0) is 10.2 Å². The summed E-state index contributed by atoms with van der Waals surface area (Å²) >= 11 is 0. The van der Waals surface area contributed by atoms with Crippen molar-refractivity contribution < 1.29 is 23.0 Å². The number of rotatable bonds is 4. The summed E-state index contributed by atoms with van der Waals surface area (Å²) in [6, 6.07) is 0. The van der Waals surface area contributed by atoms with Crippen molar-refractivity contribution in [2.75, 3.05) is 13.1 Å². The standard InChI is InChI=1S/C7H12N6O5S/c8-6(10-14)5-7(12-18-11-5)17-4-1-2-13(3-4)19(9,15)16/h4,14H,1-3H2,(H2,8,10)(H2,9,15,16). The van der Waals surface area contributed by atoms with Gasteiger partial charge in [-0.3, -0.25) is 0 Å². The predicted molar refractivity (Wildman–Crippen MR) is 60.5 cm³/mol. The second-order valence-electron chi connectivity index (χ2n) is 3.83. The zero-order valence-corrected chi connectivity index (χ0v) is 10.4. The van der Waals surface area contributed by atoms with Crippen LogP contribution < -0.4 is 15.6 Å². The lowest BCUT2D eigenvalue weighted by Gasteiger charge is -2.13. The van der Waals surface area contributed by atoms with E-state index in [4.69, 9.17) is 20.8 Å². The number of hydrogen-bond acceptors (Lipinski definition) is 8. The Morgan fingerprint density at radius 1 is 1.58 bits per heavy atom. The Kier molecular flexibility index (Phi) is 3.55. The van der Waals surface area contributed by atoms with Crippen LogP contribution in [0.2, 0.25) is 0 Å². The smallest absolute Gasteiger partial charge is 0.287 e. The van der Waals surface area contributed by atoms with Crippen molar-refractivity contribution in [3.05, 3.63) is 5.69 Å². The molecule has 19 heavy (non-hydrogen) atoms. The van der Waals surface area contributed by atoms with E-state index in [9.17, 15) is 8.42 Å². The summed E-state index contributed by atoms with van der Waals surface area (Å²) in [7, 11) is -3.74. The first kappa shape index (κ1) is 13.5. The van der Waals surface area contributed by atoms with Gasteiger partial charge in [-0.05, 0) is 16.7 Å². The van der Waals surface area contributed by atoms with Crippen LogP contribution in [0.25, 0.3) is 0 Å². The van der Waals surface area contributed by atoms with Crippen LogP contribution in [0.3, 0.4) is 0 Å². The highest BCUT2D eigenvalue weighted by Crippen LogP contribution is 2.20. The summed E-state index contributed by atoms with van der Waals surface area (Å²) in [5.74, 6) is -0.394. The highest BCUT2D eigenvalue weighted by Gasteiger charge is 2.32. The van der Waals surface area contributed by atoms with Crippen molar-refractivity contribution in [3.8, 4) is 5.88 Å². The molecule has 1 aromatic heterocycles. The summed E-state index contributed by atoms with van der Waals surface area (Å²) in [6.07, 6.45) is -0.0331. The Bertz CT molecular complexity index is 583. The average Bonchev–Trinajstić information content (AvgIpc) is 2.97. The molecule has 0 saturated carbocycles. The number of hydrogen-bond donors (Lipinski definition) is 3. The third-order valence-electron chi connectivity index (χ3n) is 2.55. The molecule has 0 amide bonds. The number of nitrogens with zero attached hydrogens (tertiary/aromatic N) is 4. The minimum absolute atomic E-state index is 0.0587. The molecule has 11 nitrogen and oxygen atoms in total. The first-order valence-electron chi connectivity index (χ1n) is 5.17. The molecular formula is C7H12N6O5S. The topological polar surface area (TPSA) is 170 Å². The molecule has 1 aliphatic heterocycles. The fourth-order valence-electron chi connectivity index (χ4n) is 1.64. The molecule has 0 spiro atoms. The van der Waals surface area contributed by atoms with Gasteiger partial charge in [-0.1, -0.05) is 5.16 Å². The van der Waals surface area contributed by atoms with E-state index in [1.165, 1.54) is 0 Å². The number of nitrogens with two attached hydrogens (primary N) is 2. The quantitative estimate of drug-likeness (QED) is 0.243. The van der Waals surface area contributed by atoms with Gasteiger partial charge in [-0.15, -0.1) is 0 Å². The van der Waals surface area contributed by atoms with Gasteiger partial charge in [0.15, 0.2) is 5.84 Å². The van der Waals surface area contributed by atoms with Gasteiger partial charge in [-0.2, -0.15) is 12.7 Å². The molecule has 1 unspecified atom stereocenters. The summed E-state index contributed by atoms with van der Waals surface area (Å²) in [5, 5.41) is 23.2. The Balaban J connectivity index is 2.06. The fourth-order valence-corrected chi connectivity index (χ4v) is 2.38. The third-order valence-corrected chi connectivity index (χ3v) is 3.61. The van der Waals surface area contributed by atoms with Gasteiger partial charge in [0.2, 0.25) is 5.69 Å². The Morgan fingerprint density at radius 2 is 2.32 bits per heavy atom. The minimum atomic E-state index is -3.74. The van der Waals surface area contributed by atoms with E-state index in [1.54, 1.807) is 0 Å². The normalized spacial score (nSPS) is 21.7. The van der Waals surface area contributed by atoms with Gasteiger partial charge in [0.05, 0.1) is 6.54 Å². The van der Waals surface area contributed by atoms with Crippen molar-refractivity contribution in [1.29, 1.82) is 0 Å². The molecule has 1 atom stereocenters. The Labute approximate surface area is 107 Å². The Morgan fingerprint density at radius 3 is 2.89 bits per heavy atom. The molecule has 0 aliphatic carbocycles. The van der Waals surface area contributed by atoms with Crippen LogP contribution in [0.1, 0.15) is 12.1 Å². The molecular weight excluding hydrogens is 280 g/mol. The SMILES string of the molecule is N/C(=N\O)c1nonc1OC1CCN(S(N)(=O)=O)C1. The van der Waals surface area contributed by atoms with Gasteiger partial charge in [-0.25, -0.2) is 9.77 Å². The van der Waals surface area contributed by atoms with Gasteiger partial charge in [0, 0.05) is 6.54 Å². The summed E-state index contributed by atoms with van der Waals surface area (Å²) in [6.45, 7) is 0.328. The van der Waals surface area contributed by atoms with E-state index in [0.717, 1.165) is 4.31 Å². The number of aromatic nitrogens is 2. The summed E-state index contributed by atoms with van der Waals surface area (Å²) in [5.41, 5.74) is 5.28. The fraction of sp³-hybridized carbons (Fsp3) is 0.571. The number of oxime groups is 1. The molecule has 0 bridgehead atoms. The van der Waals surface area contributed by atoms with Crippen LogP contribution in [0.5, 0.6) is 5.88 Å². The molecule has 0 aromatic carbocycles. The lowest BCUT2D eigenvalue weighted by atomic mass is 10.3. The zero-order chi connectivity index (χ0) is 14.0. The van der Waals surface area contributed by atoms with Crippen molar-refractivity contribution in [2.24, 2.45) is 16.0 Å². The van der Waals surface area contributed by atoms with Crippen molar-refractivity contribution in [3.63, 3.8) is 0 Å². The van der Waals surface area contributed by atoms with E-state index in [2.05, 4.69) is 20.1 Å². The Hall–Kier alpha value is -1.92. The highest BCUT2D eigenvalue weighted by molar-refractivity contribution is 7.86. The number of amidine groups is 1. The summed E-state index contributed by atoms with van der Waals surface area (Å²) < 4.78 is 33.2. The van der Waals surface area contributed by atoms with E-state index in [-0.39, 0.29) is 30.5 Å². The van der Waals surface area contributed by atoms with E-state index in [0.29, 0.717) is 6.42 Å². The van der Waals surface area contributed by atoms with Crippen LogP contribution in [0, 0.1) is 0 Å². The van der Waals surface area contributed by atoms with E-state index >= 15 is 0 Å². The maximum atomic E-state index is 11.1. The molecule has 0 radical (unpaired) electrons. The lowest BCUT2D eigenvalue weighted by Crippen LogP contribution is -2.36. The van der Waals surface area contributed by atoms with E-state index < -0.39 is 16.3 Å². The van der Waals surface area contributed by atoms with Crippen LogP contribution >= 0.6 is 0 Å². The van der Waals surface area contributed by atoms with E-state index in [1.807, 2.05) is 0 Å². The van der Waals surface area contributed by atoms with Crippen LogP contribution in [0.4, 0.5) is 0 Å². The van der Waals surface area contributed by atoms with Crippen molar-refractivity contribution >= 4 is 16.0 Å². The molecule has 1 saturated heterocycles. The minimum Gasteiger partial charge on any atom is -0.469 e. The van der Waals surface area contributed by atoms with Gasteiger partial charge in [0.25, 0.3) is 16.1 Å². The van der Waals surface area contributed by atoms with Gasteiger partial charge >= 0.3 is 0 Å². The monoisotopic (exact) mass is 292 g/mol. The first-order chi connectivity index (χ1) is 8.91. The second-order valence-corrected chi connectivity index (χ2v) is 5.38. The largest absolute Gasteiger partial charge is 0.469 e. The molecule has 106 valence electrons. The van der Waals surface area contributed by atoms with Crippen LogP contribution in [-0.4, -0.2) is 53.3 Å². The predicted octanol–water partition coefficient (Wildman–Crippen LogP) is -2.18. The first-order valence-corrected chi connectivity index (χ1v) is 6.67. The summed E-state index contributed by atoms with van der Waals surface area (Å²) in [4.78, 5) is 0. The lowest BCUT2D eigenvalue weighted by molar-refractivity contribution is 0.190. The molecule has 12 heteroatoms. The highest BCUT2D eigenvalue weighted by atomic mass is 32.2.